The van der Waals surface area contributed by atoms with Gasteiger partial charge in [0.15, 0.2) is 0 Å². The highest BCUT2D eigenvalue weighted by Gasteiger charge is 2.29. The minimum absolute atomic E-state index is 0.122. The Morgan fingerprint density at radius 1 is 1.00 bits per heavy atom. The minimum atomic E-state index is -2.11. The van der Waals surface area contributed by atoms with Crippen LogP contribution < -0.4 is 0 Å². The topological polar surface area (TPSA) is 75.6 Å². The van der Waals surface area contributed by atoms with E-state index in [4.69, 9.17) is 23.1 Å². The maximum absolute atomic E-state index is 11.3. The zero-order valence-corrected chi connectivity index (χ0v) is 17.3. The first-order chi connectivity index (χ1) is 11.9. The van der Waals surface area contributed by atoms with Gasteiger partial charge in [0.1, 0.15) is 13.2 Å². The lowest BCUT2D eigenvalue weighted by molar-refractivity contribution is -0.139. The molecule has 7 nitrogen and oxygen atoms in total. The molecule has 0 aliphatic heterocycles. The summed E-state index contributed by atoms with van der Waals surface area (Å²) in [6.45, 7) is 15.6. The van der Waals surface area contributed by atoms with Crippen LogP contribution in [0.4, 0.5) is 0 Å². The monoisotopic (exact) mass is 375 g/mol. The number of esters is 1. The van der Waals surface area contributed by atoms with Crippen molar-refractivity contribution in [3.8, 4) is 0 Å². The average molecular weight is 376 g/mol. The Morgan fingerprint density at radius 2 is 1.60 bits per heavy atom. The summed E-state index contributed by atoms with van der Waals surface area (Å²) in [7, 11) is -2.11. The van der Waals surface area contributed by atoms with Crippen molar-refractivity contribution in [2.24, 2.45) is 4.99 Å². The van der Waals surface area contributed by atoms with Crippen LogP contribution in [0.2, 0.25) is 12.6 Å². The number of hydrogen-bond acceptors (Lipinski definition) is 7. The fourth-order valence-corrected chi connectivity index (χ4v) is 4.40. The Bertz CT molecular complexity index is 421. The summed E-state index contributed by atoms with van der Waals surface area (Å²) >= 11 is 0. The standard InChI is InChI=1S/C17H33NO6Si/c1-7-20-17(22-13-12-21-16(19)15(4)5)18-11-10-14-25(6,23-8-2)24-9-3/h4,7-14H2,1-3,5-6H3. The molecule has 0 N–H and O–H groups in total. The molecule has 25 heavy (non-hydrogen) atoms. The van der Waals surface area contributed by atoms with Crippen LogP contribution in [0.3, 0.4) is 0 Å². The van der Waals surface area contributed by atoms with Crippen molar-refractivity contribution in [3.05, 3.63) is 12.2 Å². The second-order valence-electron chi connectivity index (χ2n) is 5.45. The molecule has 0 saturated carbocycles. The molecule has 0 radical (unpaired) electrons. The van der Waals surface area contributed by atoms with Gasteiger partial charge in [-0.15, -0.1) is 0 Å². The van der Waals surface area contributed by atoms with E-state index in [0.717, 1.165) is 12.5 Å². The van der Waals surface area contributed by atoms with Crippen molar-refractivity contribution in [2.45, 2.75) is 46.7 Å². The number of ether oxygens (including phenoxy) is 3. The van der Waals surface area contributed by atoms with Gasteiger partial charge in [-0.25, -0.2) is 9.79 Å². The third-order valence-corrected chi connectivity index (χ3v) is 6.15. The quantitative estimate of drug-likeness (QED) is 0.123. The van der Waals surface area contributed by atoms with E-state index >= 15 is 0 Å². The molecule has 8 heteroatoms. The molecule has 0 aromatic carbocycles. The van der Waals surface area contributed by atoms with E-state index in [2.05, 4.69) is 18.1 Å². The van der Waals surface area contributed by atoms with Crippen LogP contribution in [0.25, 0.3) is 0 Å². The fraction of sp³-hybridized carbons (Fsp3) is 0.765. The van der Waals surface area contributed by atoms with Gasteiger partial charge in [0.05, 0.1) is 6.61 Å². The molecule has 146 valence electrons. The van der Waals surface area contributed by atoms with E-state index in [-0.39, 0.29) is 19.3 Å². The predicted molar refractivity (Wildman–Crippen MR) is 99.9 cm³/mol. The van der Waals surface area contributed by atoms with E-state index in [1.165, 1.54) is 0 Å². The highest BCUT2D eigenvalue weighted by Crippen LogP contribution is 2.15. The zero-order valence-electron chi connectivity index (χ0n) is 16.3. The van der Waals surface area contributed by atoms with Crippen LogP contribution in [0, 0.1) is 0 Å². The van der Waals surface area contributed by atoms with Gasteiger partial charge in [0.2, 0.25) is 0 Å². The van der Waals surface area contributed by atoms with Crippen LogP contribution in [-0.4, -0.2) is 60.2 Å². The minimum Gasteiger partial charge on any atom is -0.459 e. The molecule has 0 fully saturated rings. The van der Waals surface area contributed by atoms with E-state index in [1.807, 2.05) is 20.8 Å². The molecule has 0 aromatic heterocycles. The lowest BCUT2D eigenvalue weighted by Crippen LogP contribution is -2.38. The fourth-order valence-electron chi connectivity index (χ4n) is 2.01. The van der Waals surface area contributed by atoms with Crippen molar-refractivity contribution >= 4 is 20.6 Å². The van der Waals surface area contributed by atoms with E-state index in [0.29, 0.717) is 31.9 Å². The maximum Gasteiger partial charge on any atom is 0.383 e. The number of carbonyl (C=O) groups is 1. The summed E-state index contributed by atoms with van der Waals surface area (Å²) < 4.78 is 27.3. The van der Waals surface area contributed by atoms with E-state index in [1.54, 1.807) is 6.92 Å². The molecule has 0 heterocycles. The van der Waals surface area contributed by atoms with Crippen LogP contribution in [0.1, 0.15) is 34.1 Å². The molecule has 0 saturated heterocycles. The highest BCUT2D eigenvalue weighted by atomic mass is 28.4. The summed E-state index contributed by atoms with van der Waals surface area (Å²) in [6.07, 6.45) is 1.04. The lowest BCUT2D eigenvalue weighted by Gasteiger charge is -2.25. The third kappa shape index (κ3) is 11.7. The molecule has 0 unspecified atom stereocenters. The lowest BCUT2D eigenvalue weighted by atomic mass is 10.4. The summed E-state index contributed by atoms with van der Waals surface area (Å²) in [4.78, 5) is 15.6. The van der Waals surface area contributed by atoms with Gasteiger partial charge in [-0.1, -0.05) is 6.58 Å². The summed E-state index contributed by atoms with van der Waals surface area (Å²) in [6, 6.07) is 0.855. The zero-order chi connectivity index (χ0) is 19.1. The number of aliphatic imine (C=N–C) groups is 1. The smallest absolute Gasteiger partial charge is 0.383 e. The molecule has 0 bridgehead atoms. The molecular weight excluding hydrogens is 342 g/mol. The van der Waals surface area contributed by atoms with Gasteiger partial charge in [0.25, 0.3) is 0 Å². The second kappa shape index (κ2) is 13.9. The third-order valence-electron chi connectivity index (χ3n) is 3.09. The largest absolute Gasteiger partial charge is 0.459 e. The molecule has 0 atom stereocenters. The first-order valence-electron chi connectivity index (χ1n) is 8.79. The van der Waals surface area contributed by atoms with Gasteiger partial charge in [-0.05, 0) is 46.7 Å². The Balaban J connectivity index is 4.25. The van der Waals surface area contributed by atoms with Gasteiger partial charge >= 0.3 is 20.6 Å². The van der Waals surface area contributed by atoms with Crippen molar-refractivity contribution in [2.75, 3.05) is 39.6 Å². The van der Waals surface area contributed by atoms with Gasteiger partial charge in [-0.3, -0.25) is 0 Å². The second-order valence-corrected chi connectivity index (χ2v) is 8.79. The molecule has 0 rings (SSSR count). The molecule has 0 aromatic rings. The summed E-state index contributed by atoms with van der Waals surface area (Å²) in [5.41, 5.74) is 0.356. The molecule has 0 spiro atoms. The van der Waals surface area contributed by atoms with Gasteiger partial charge in [-0.2, -0.15) is 0 Å². The summed E-state index contributed by atoms with van der Waals surface area (Å²) in [5, 5.41) is 0. The van der Waals surface area contributed by atoms with Crippen molar-refractivity contribution < 1.29 is 27.9 Å². The molecule has 0 amide bonds. The number of hydrogen-bond donors (Lipinski definition) is 0. The maximum atomic E-state index is 11.3. The number of rotatable bonds is 13. The predicted octanol–water partition coefficient (Wildman–Crippen LogP) is 3.05. The molecular formula is C17H33NO6Si. The normalized spacial score (nSPS) is 12.0. The van der Waals surface area contributed by atoms with Crippen molar-refractivity contribution in [1.29, 1.82) is 0 Å². The van der Waals surface area contributed by atoms with Crippen molar-refractivity contribution in [1.82, 2.24) is 0 Å². The Morgan fingerprint density at radius 3 is 2.12 bits per heavy atom. The highest BCUT2D eigenvalue weighted by molar-refractivity contribution is 6.66. The van der Waals surface area contributed by atoms with Crippen LogP contribution >= 0.6 is 0 Å². The van der Waals surface area contributed by atoms with E-state index in [9.17, 15) is 4.79 Å². The van der Waals surface area contributed by atoms with E-state index < -0.39 is 14.5 Å². The van der Waals surface area contributed by atoms with Gasteiger partial charge < -0.3 is 23.1 Å². The Hall–Kier alpha value is -1.38. The van der Waals surface area contributed by atoms with Crippen LogP contribution in [-0.2, 0) is 27.9 Å². The van der Waals surface area contributed by atoms with Crippen molar-refractivity contribution in [3.63, 3.8) is 0 Å². The first kappa shape index (κ1) is 23.6. The van der Waals surface area contributed by atoms with Crippen LogP contribution in [0.15, 0.2) is 17.1 Å². The van der Waals surface area contributed by atoms with Gasteiger partial charge in [0, 0.05) is 25.3 Å². The first-order valence-corrected chi connectivity index (χ1v) is 11.3. The summed E-state index contributed by atoms with van der Waals surface area (Å²) in [5.74, 6) is -0.436. The Labute approximate surface area is 152 Å². The number of carbonyl (C=O) groups excluding carboxylic acids is 1. The number of nitrogens with zero attached hydrogens (tertiary/aromatic N) is 1. The average Bonchev–Trinajstić information content (AvgIpc) is 2.55. The van der Waals surface area contributed by atoms with Crippen LogP contribution in [0.5, 0.6) is 0 Å². The molecule has 0 aliphatic rings. The molecule has 0 aliphatic carbocycles. The SMILES string of the molecule is C=C(C)C(=O)OCCOC(=NCCC[Si](C)(OCC)OCC)OCC. The Kier molecular flexibility index (Phi) is 13.1.